The number of aliphatic hydroxyl groups excluding tert-OH is 1. The van der Waals surface area contributed by atoms with E-state index >= 15 is 0 Å². The zero-order chi connectivity index (χ0) is 16.7. The fraction of sp³-hybridized carbons (Fsp3) is 0.333. The largest absolute Gasteiger partial charge is 0.489 e. The second-order valence-corrected chi connectivity index (χ2v) is 5.53. The zero-order valence-corrected chi connectivity index (χ0v) is 13.2. The van der Waals surface area contributed by atoms with Gasteiger partial charge in [-0.25, -0.2) is 4.39 Å². The Balaban J connectivity index is 1.91. The van der Waals surface area contributed by atoms with Gasteiger partial charge < -0.3 is 20.9 Å². The van der Waals surface area contributed by atoms with Crippen molar-refractivity contribution < 1.29 is 14.2 Å². The highest BCUT2D eigenvalue weighted by molar-refractivity contribution is 5.29. The molecule has 0 fully saturated rings. The minimum atomic E-state index is -0.507. The monoisotopic (exact) mass is 318 g/mol. The Morgan fingerprint density at radius 2 is 1.91 bits per heavy atom. The molecule has 0 saturated carbocycles. The number of halogens is 1. The SMILES string of the molecule is CC(O)C(CN)NCc1cccc(OCc2cccc(F)c2)c1. The molecule has 4 nitrogen and oxygen atoms in total. The van der Waals surface area contributed by atoms with Crippen LogP contribution in [0.25, 0.3) is 0 Å². The number of hydrogen-bond acceptors (Lipinski definition) is 4. The number of ether oxygens (including phenoxy) is 1. The van der Waals surface area contributed by atoms with Gasteiger partial charge >= 0.3 is 0 Å². The van der Waals surface area contributed by atoms with E-state index in [0.717, 1.165) is 16.9 Å². The van der Waals surface area contributed by atoms with Crippen LogP contribution in [-0.2, 0) is 13.2 Å². The molecule has 0 aromatic heterocycles. The van der Waals surface area contributed by atoms with Gasteiger partial charge in [0.15, 0.2) is 0 Å². The lowest BCUT2D eigenvalue weighted by Gasteiger charge is -2.19. The Bertz CT molecular complexity index is 619. The van der Waals surface area contributed by atoms with E-state index in [2.05, 4.69) is 5.32 Å². The first-order valence-electron chi connectivity index (χ1n) is 7.66. The highest BCUT2D eigenvalue weighted by Crippen LogP contribution is 2.16. The van der Waals surface area contributed by atoms with Crippen LogP contribution in [0, 0.1) is 5.82 Å². The van der Waals surface area contributed by atoms with Gasteiger partial charge in [-0.1, -0.05) is 24.3 Å². The Hall–Kier alpha value is -1.95. The fourth-order valence-electron chi connectivity index (χ4n) is 2.24. The van der Waals surface area contributed by atoms with Crippen LogP contribution in [0.3, 0.4) is 0 Å². The molecule has 0 aliphatic heterocycles. The molecule has 2 aromatic rings. The molecule has 124 valence electrons. The third kappa shape index (κ3) is 5.63. The Kier molecular flexibility index (Phi) is 6.52. The van der Waals surface area contributed by atoms with Gasteiger partial charge in [0, 0.05) is 19.1 Å². The number of rotatable bonds is 8. The van der Waals surface area contributed by atoms with Crippen LogP contribution in [0.15, 0.2) is 48.5 Å². The van der Waals surface area contributed by atoms with Crippen molar-refractivity contribution in [2.75, 3.05) is 6.54 Å². The second kappa shape index (κ2) is 8.62. The van der Waals surface area contributed by atoms with Gasteiger partial charge in [0.1, 0.15) is 18.2 Å². The molecule has 0 radical (unpaired) electrons. The van der Waals surface area contributed by atoms with E-state index in [1.54, 1.807) is 13.0 Å². The standard InChI is InChI=1S/C18H23FN2O2/c1-13(22)18(10-20)21-11-14-4-3-7-17(9-14)23-12-15-5-2-6-16(19)8-15/h2-9,13,18,21-22H,10-12,20H2,1H3. The first-order valence-corrected chi connectivity index (χ1v) is 7.66. The molecule has 4 N–H and O–H groups in total. The molecule has 2 atom stereocenters. The van der Waals surface area contributed by atoms with Crippen LogP contribution in [0.1, 0.15) is 18.1 Å². The predicted molar refractivity (Wildman–Crippen MR) is 88.5 cm³/mol. The van der Waals surface area contributed by atoms with Crippen molar-refractivity contribution in [1.29, 1.82) is 0 Å². The summed E-state index contributed by atoms with van der Waals surface area (Å²) in [5.74, 6) is 0.449. The lowest BCUT2D eigenvalue weighted by atomic mass is 10.1. The molecule has 0 heterocycles. The van der Waals surface area contributed by atoms with Gasteiger partial charge in [0.25, 0.3) is 0 Å². The van der Waals surface area contributed by atoms with Gasteiger partial charge in [-0.3, -0.25) is 0 Å². The summed E-state index contributed by atoms with van der Waals surface area (Å²) in [6.07, 6.45) is -0.507. The van der Waals surface area contributed by atoms with Crippen LogP contribution in [0.5, 0.6) is 5.75 Å². The summed E-state index contributed by atoms with van der Waals surface area (Å²) in [5, 5.41) is 12.8. The molecule has 0 aliphatic carbocycles. The summed E-state index contributed by atoms with van der Waals surface area (Å²) in [5.41, 5.74) is 7.43. The number of nitrogens with one attached hydrogen (secondary N) is 1. The summed E-state index contributed by atoms with van der Waals surface area (Å²) in [7, 11) is 0. The first-order chi connectivity index (χ1) is 11.1. The quantitative estimate of drug-likeness (QED) is 0.698. The maximum atomic E-state index is 13.1. The Morgan fingerprint density at radius 1 is 1.17 bits per heavy atom. The summed E-state index contributed by atoms with van der Waals surface area (Å²) >= 11 is 0. The van der Waals surface area contributed by atoms with E-state index in [-0.39, 0.29) is 11.9 Å². The minimum Gasteiger partial charge on any atom is -0.489 e. The summed E-state index contributed by atoms with van der Waals surface area (Å²) in [6.45, 7) is 2.98. The van der Waals surface area contributed by atoms with Gasteiger partial charge in [0.2, 0.25) is 0 Å². The maximum Gasteiger partial charge on any atom is 0.123 e. The van der Waals surface area contributed by atoms with Gasteiger partial charge in [-0.05, 0) is 42.3 Å². The Morgan fingerprint density at radius 3 is 2.61 bits per heavy atom. The molecule has 2 aromatic carbocycles. The van der Waals surface area contributed by atoms with Crippen molar-refractivity contribution in [2.24, 2.45) is 5.73 Å². The number of hydrogen-bond donors (Lipinski definition) is 3. The molecule has 0 saturated heterocycles. The van der Waals surface area contributed by atoms with Gasteiger partial charge in [-0.2, -0.15) is 0 Å². The van der Waals surface area contributed by atoms with Crippen LogP contribution >= 0.6 is 0 Å². The van der Waals surface area contributed by atoms with Crippen molar-refractivity contribution in [3.63, 3.8) is 0 Å². The molecule has 0 amide bonds. The number of nitrogens with two attached hydrogens (primary N) is 1. The van der Waals surface area contributed by atoms with E-state index in [1.165, 1.54) is 12.1 Å². The van der Waals surface area contributed by atoms with E-state index in [1.807, 2.05) is 30.3 Å². The molecule has 2 unspecified atom stereocenters. The van der Waals surface area contributed by atoms with Gasteiger partial charge in [0.05, 0.1) is 6.10 Å². The molecule has 5 heteroatoms. The third-order valence-corrected chi connectivity index (χ3v) is 3.60. The van der Waals surface area contributed by atoms with Crippen molar-refractivity contribution in [3.8, 4) is 5.75 Å². The van der Waals surface area contributed by atoms with E-state index in [9.17, 15) is 9.50 Å². The molecule has 0 aliphatic rings. The summed E-state index contributed by atoms with van der Waals surface area (Å²) in [6, 6.07) is 13.9. The van der Waals surface area contributed by atoms with E-state index in [4.69, 9.17) is 10.5 Å². The minimum absolute atomic E-state index is 0.146. The van der Waals surface area contributed by atoms with Crippen molar-refractivity contribution >= 4 is 0 Å². The van der Waals surface area contributed by atoms with Crippen LogP contribution in [-0.4, -0.2) is 23.8 Å². The average molecular weight is 318 g/mol. The smallest absolute Gasteiger partial charge is 0.123 e. The summed E-state index contributed by atoms with van der Waals surface area (Å²) < 4.78 is 18.8. The molecule has 23 heavy (non-hydrogen) atoms. The fourth-order valence-corrected chi connectivity index (χ4v) is 2.24. The average Bonchev–Trinajstić information content (AvgIpc) is 2.54. The lowest BCUT2D eigenvalue weighted by Crippen LogP contribution is -2.43. The third-order valence-electron chi connectivity index (χ3n) is 3.60. The van der Waals surface area contributed by atoms with E-state index < -0.39 is 6.10 Å². The van der Waals surface area contributed by atoms with Gasteiger partial charge in [-0.15, -0.1) is 0 Å². The van der Waals surface area contributed by atoms with Crippen molar-refractivity contribution in [1.82, 2.24) is 5.32 Å². The van der Waals surface area contributed by atoms with Crippen molar-refractivity contribution in [3.05, 3.63) is 65.5 Å². The lowest BCUT2D eigenvalue weighted by molar-refractivity contribution is 0.147. The van der Waals surface area contributed by atoms with Crippen molar-refractivity contribution in [2.45, 2.75) is 32.2 Å². The molecular weight excluding hydrogens is 295 g/mol. The van der Waals surface area contributed by atoms with E-state index in [0.29, 0.717) is 19.7 Å². The summed E-state index contributed by atoms with van der Waals surface area (Å²) in [4.78, 5) is 0. The molecule has 0 bridgehead atoms. The van der Waals surface area contributed by atoms with Crippen LogP contribution < -0.4 is 15.8 Å². The number of aliphatic hydroxyl groups is 1. The normalized spacial score (nSPS) is 13.6. The molecule has 2 rings (SSSR count). The van der Waals surface area contributed by atoms with Crippen LogP contribution in [0.2, 0.25) is 0 Å². The Labute approximate surface area is 136 Å². The second-order valence-electron chi connectivity index (χ2n) is 5.53. The zero-order valence-electron chi connectivity index (χ0n) is 13.2. The maximum absolute atomic E-state index is 13.1. The number of benzene rings is 2. The predicted octanol–water partition coefficient (Wildman–Crippen LogP) is 2.20. The van der Waals surface area contributed by atoms with Crippen LogP contribution in [0.4, 0.5) is 4.39 Å². The first kappa shape index (κ1) is 17.4. The molecular formula is C18H23FN2O2. The topological polar surface area (TPSA) is 67.5 Å². The highest BCUT2D eigenvalue weighted by atomic mass is 19.1. The highest BCUT2D eigenvalue weighted by Gasteiger charge is 2.11. The molecule has 0 spiro atoms.